The lowest BCUT2D eigenvalue weighted by molar-refractivity contribution is 0.321. The number of aromatic hydroxyl groups is 1. The second-order valence-electron chi connectivity index (χ2n) is 2.41. The maximum absolute atomic E-state index is 9.45. The van der Waals surface area contributed by atoms with Crippen LogP contribution in [0.2, 0.25) is 0 Å². The third kappa shape index (κ3) is 1.88. The van der Waals surface area contributed by atoms with E-state index in [4.69, 9.17) is 5.21 Å². The molecule has 0 spiro atoms. The van der Waals surface area contributed by atoms with Crippen molar-refractivity contribution in [2.75, 3.05) is 0 Å². The van der Waals surface area contributed by atoms with E-state index in [-0.39, 0.29) is 5.75 Å². The zero-order valence-electron chi connectivity index (χ0n) is 6.45. The minimum Gasteiger partial charge on any atom is -0.507 e. The number of rotatable bonds is 1. The summed E-state index contributed by atoms with van der Waals surface area (Å²) in [6.07, 6.45) is 1.21. The molecule has 2 N–H and O–H groups in total. The zero-order chi connectivity index (χ0) is 9.14. The molecule has 0 saturated heterocycles. The number of hydrogen-bond donors (Lipinski definition) is 2. The Bertz CT molecular complexity index is 323. The molecule has 64 valence electrons. The Morgan fingerprint density at radius 3 is 2.75 bits per heavy atom. The number of halogens is 1. The highest BCUT2D eigenvalue weighted by Gasteiger charge is 2.03. The van der Waals surface area contributed by atoms with Crippen molar-refractivity contribution in [1.82, 2.24) is 0 Å². The molecule has 0 aliphatic carbocycles. The van der Waals surface area contributed by atoms with Crippen LogP contribution >= 0.6 is 22.6 Å². The molecule has 0 bridgehead atoms. The molecule has 1 aromatic rings. The minimum absolute atomic E-state index is 0.160. The molecular formula is C8H8INO2. The maximum atomic E-state index is 9.45. The molecule has 0 amide bonds. The van der Waals surface area contributed by atoms with Crippen LogP contribution < -0.4 is 0 Å². The molecular weight excluding hydrogens is 269 g/mol. The molecule has 4 heteroatoms. The largest absolute Gasteiger partial charge is 0.507 e. The molecule has 0 aliphatic heterocycles. The van der Waals surface area contributed by atoms with E-state index >= 15 is 0 Å². The van der Waals surface area contributed by atoms with Gasteiger partial charge in [0.2, 0.25) is 0 Å². The topological polar surface area (TPSA) is 52.8 Å². The first-order valence-electron chi connectivity index (χ1n) is 3.31. The van der Waals surface area contributed by atoms with E-state index in [1.54, 1.807) is 13.0 Å². The Kier molecular flexibility index (Phi) is 2.91. The molecule has 0 fully saturated rings. The minimum atomic E-state index is 0.160. The lowest BCUT2D eigenvalue weighted by Crippen LogP contribution is -1.87. The van der Waals surface area contributed by atoms with Crippen molar-refractivity contribution >= 4 is 28.8 Å². The number of nitrogens with zero attached hydrogens (tertiary/aromatic N) is 1. The molecule has 1 rings (SSSR count). The van der Waals surface area contributed by atoms with Gasteiger partial charge < -0.3 is 10.3 Å². The van der Waals surface area contributed by atoms with Crippen LogP contribution in [0.3, 0.4) is 0 Å². The summed E-state index contributed by atoms with van der Waals surface area (Å²) in [5.74, 6) is 0.160. The summed E-state index contributed by atoms with van der Waals surface area (Å²) >= 11 is 2.13. The van der Waals surface area contributed by atoms with E-state index in [0.29, 0.717) is 5.56 Å². The van der Waals surface area contributed by atoms with Crippen LogP contribution in [0.4, 0.5) is 0 Å². The standard InChI is InChI=1S/C8H8INO2/c1-5-2-7(9)3-6(4-10-12)8(5)11/h2-4,11-12H,1H3/b10-4+. The third-order valence-corrected chi connectivity index (χ3v) is 2.11. The van der Waals surface area contributed by atoms with Gasteiger partial charge in [-0.05, 0) is 47.2 Å². The quantitative estimate of drug-likeness (QED) is 0.357. The number of phenols is 1. The zero-order valence-corrected chi connectivity index (χ0v) is 8.61. The highest BCUT2D eigenvalue weighted by Crippen LogP contribution is 2.23. The van der Waals surface area contributed by atoms with Crippen molar-refractivity contribution in [3.8, 4) is 5.75 Å². The van der Waals surface area contributed by atoms with Crippen LogP contribution in [0, 0.1) is 10.5 Å². The van der Waals surface area contributed by atoms with E-state index in [2.05, 4.69) is 27.7 Å². The molecule has 0 aromatic heterocycles. The van der Waals surface area contributed by atoms with E-state index in [0.717, 1.165) is 9.13 Å². The Morgan fingerprint density at radius 2 is 2.17 bits per heavy atom. The average molecular weight is 277 g/mol. The van der Waals surface area contributed by atoms with Crippen LogP contribution in [0.15, 0.2) is 17.3 Å². The predicted molar refractivity (Wildman–Crippen MR) is 54.9 cm³/mol. The van der Waals surface area contributed by atoms with Crippen LogP contribution in [-0.2, 0) is 0 Å². The van der Waals surface area contributed by atoms with Gasteiger partial charge in [-0.15, -0.1) is 0 Å². The molecule has 0 aliphatic rings. The molecule has 0 radical (unpaired) electrons. The number of hydrogen-bond acceptors (Lipinski definition) is 3. The summed E-state index contributed by atoms with van der Waals surface area (Å²) in [5, 5.41) is 20.6. The highest BCUT2D eigenvalue weighted by molar-refractivity contribution is 14.1. The maximum Gasteiger partial charge on any atom is 0.127 e. The van der Waals surface area contributed by atoms with Crippen molar-refractivity contribution in [2.45, 2.75) is 6.92 Å². The fourth-order valence-electron chi connectivity index (χ4n) is 0.922. The first-order chi connectivity index (χ1) is 5.65. The van der Waals surface area contributed by atoms with Gasteiger partial charge in [0.1, 0.15) is 5.75 Å². The molecule has 0 saturated carbocycles. The van der Waals surface area contributed by atoms with E-state index in [1.807, 2.05) is 6.07 Å². The van der Waals surface area contributed by atoms with E-state index < -0.39 is 0 Å². The average Bonchev–Trinajstić information content (AvgIpc) is 2.00. The second kappa shape index (κ2) is 3.75. The van der Waals surface area contributed by atoms with Gasteiger partial charge >= 0.3 is 0 Å². The molecule has 0 heterocycles. The number of aryl methyl sites for hydroxylation is 1. The van der Waals surface area contributed by atoms with Crippen LogP contribution in [-0.4, -0.2) is 16.5 Å². The Balaban J connectivity index is 3.27. The highest BCUT2D eigenvalue weighted by atomic mass is 127. The fraction of sp³-hybridized carbons (Fsp3) is 0.125. The van der Waals surface area contributed by atoms with Crippen LogP contribution in [0.5, 0.6) is 5.75 Å². The lowest BCUT2D eigenvalue weighted by atomic mass is 10.1. The summed E-state index contributed by atoms with van der Waals surface area (Å²) in [6.45, 7) is 1.80. The van der Waals surface area contributed by atoms with Crippen molar-refractivity contribution in [1.29, 1.82) is 0 Å². The summed E-state index contributed by atoms with van der Waals surface area (Å²) in [7, 11) is 0. The van der Waals surface area contributed by atoms with Crippen LogP contribution in [0.1, 0.15) is 11.1 Å². The van der Waals surface area contributed by atoms with Gasteiger partial charge in [-0.2, -0.15) is 0 Å². The number of benzene rings is 1. The molecule has 0 atom stereocenters. The van der Waals surface area contributed by atoms with Gasteiger partial charge in [0.05, 0.1) is 6.21 Å². The van der Waals surface area contributed by atoms with Crippen molar-refractivity contribution in [3.05, 3.63) is 26.8 Å². The number of phenolic OH excluding ortho intramolecular Hbond substituents is 1. The Morgan fingerprint density at radius 1 is 1.50 bits per heavy atom. The van der Waals surface area contributed by atoms with E-state index in [1.165, 1.54) is 6.21 Å². The molecule has 1 aromatic carbocycles. The van der Waals surface area contributed by atoms with Crippen molar-refractivity contribution < 1.29 is 10.3 Å². The van der Waals surface area contributed by atoms with Gasteiger partial charge in [0, 0.05) is 9.13 Å². The van der Waals surface area contributed by atoms with E-state index in [9.17, 15) is 5.11 Å². The molecule has 3 nitrogen and oxygen atoms in total. The lowest BCUT2D eigenvalue weighted by Gasteiger charge is -2.02. The summed E-state index contributed by atoms with van der Waals surface area (Å²) in [5.41, 5.74) is 1.30. The van der Waals surface area contributed by atoms with Gasteiger partial charge in [-0.1, -0.05) is 5.16 Å². The SMILES string of the molecule is Cc1cc(I)cc(/C=N/O)c1O. The monoisotopic (exact) mass is 277 g/mol. The van der Waals surface area contributed by atoms with Gasteiger partial charge in [-0.3, -0.25) is 0 Å². The smallest absolute Gasteiger partial charge is 0.127 e. The molecule has 12 heavy (non-hydrogen) atoms. The fourth-order valence-corrected chi connectivity index (χ4v) is 1.72. The Labute approximate surface area is 83.9 Å². The summed E-state index contributed by atoms with van der Waals surface area (Å²) < 4.78 is 0.998. The van der Waals surface area contributed by atoms with Crippen LogP contribution in [0.25, 0.3) is 0 Å². The van der Waals surface area contributed by atoms with Gasteiger partial charge in [0.25, 0.3) is 0 Å². The second-order valence-corrected chi connectivity index (χ2v) is 3.65. The predicted octanol–water partition coefficient (Wildman–Crippen LogP) is 2.11. The summed E-state index contributed by atoms with van der Waals surface area (Å²) in [6, 6.07) is 3.59. The first kappa shape index (κ1) is 9.31. The Hall–Kier alpha value is -0.780. The van der Waals surface area contributed by atoms with Crippen molar-refractivity contribution in [2.24, 2.45) is 5.16 Å². The normalized spacial score (nSPS) is 10.8. The van der Waals surface area contributed by atoms with Gasteiger partial charge in [0.15, 0.2) is 0 Å². The number of oxime groups is 1. The van der Waals surface area contributed by atoms with Gasteiger partial charge in [-0.25, -0.2) is 0 Å². The molecule has 0 unspecified atom stereocenters. The third-order valence-electron chi connectivity index (χ3n) is 1.49. The first-order valence-corrected chi connectivity index (χ1v) is 4.39. The van der Waals surface area contributed by atoms with Crippen molar-refractivity contribution in [3.63, 3.8) is 0 Å². The summed E-state index contributed by atoms with van der Waals surface area (Å²) in [4.78, 5) is 0.